The zero-order valence-corrected chi connectivity index (χ0v) is 13.6. The zero-order chi connectivity index (χ0) is 18.4. The van der Waals surface area contributed by atoms with Crippen LogP contribution >= 0.6 is 0 Å². The first-order valence-electron chi connectivity index (χ1n) is 7.98. The Bertz CT molecular complexity index is 627. The standard InChI is InChI=1S/C16H21F3N4O2/c17-12-5-1-2-6-13(12)22-15(25)23-7-3-4-11(8-23)14(24)21-10-16(18,19)9-20/h1-2,5-6,11H,3-4,7-10,20H2,(H,21,24)(H,22,25). The van der Waals surface area contributed by atoms with E-state index in [1.807, 2.05) is 0 Å². The van der Waals surface area contributed by atoms with E-state index in [1.54, 1.807) is 6.07 Å². The lowest BCUT2D eigenvalue weighted by Crippen LogP contribution is -2.49. The largest absolute Gasteiger partial charge is 0.350 e. The third-order valence-electron chi connectivity index (χ3n) is 4.01. The topological polar surface area (TPSA) is 87.5 Å². The van der Waals surface area contributed by atoms with Crippen LogP contribution in [0.3, 0.4) is 0 Å². The van der Waals surface area contributed by atoms with Crippen LogP contribution in [0.15, 0.2) is 24.3 Å². The first-order valence-corrected chi connectivity index (χ1v) is 7.98. The smallest absolute Gasteiger partial charge is 0.321 e. The van der Waals surface area contributed by atoms with E-state index in [4.69, 9.17) is 5.73 Å². The molecule has 3 amide bonds. The molecule has 1 aliphatic rings. The second-order valence-electron chi connectivity index (χ2n) is 5.97. The van der Waals surface area contributed by atoms with E-state index in [9.17, 15) is 22.8 Å². The van der Waals surface area contributed by atoms with E-state index >= 15 is 0 Å². The van der Waals surface area contributed by atoms with Crippen molar-refractivity contribution in [3.8, 4) is 0 Å². The van der Waals surface area contributed by atoms with E-state index in [0.717, 1.165) is 0 Å². The lowest BCUT2D eigenvalue weighted by Gasteiger charge is -2.32. The van der Waals surface area contributed by atoms with Gasteiger partial charge in [0.2, 0.25) is 5.91 Å². The molecule has 1 aromatic carbocycles. The van der Waals surface area contributed by atoms with E-state index in [1.165, 1.54) is 23.1 Å². The van der Waals surface area contributed by atoms with Crippen LogP contribution in [0.2, 0.25) is 0 Å². The van der Waals surface area contributed by atoms with Crippen molar-refractivity contribution in [2.24, 2.45) is 11.7 Å². The summed E-state index contributed by atoms with van der Waals surface area (Å²) in [5, 5.41) is 4.62. The average molecular weight is 358 g/mol. The highest BCUT2D eigenvalue weighted by Gasteiger charge is 2.32. The number of hydrogen-bond acceptors (Lipinski definition) is 3. The van der Waals surface area contributed by atoms with Gasteiger partial charge in [-0.3, -0.25) is 4.79 Å². The first kappa shape index (κ1) is 19.0. The fourth-order valence-electron chi connectivity index (χ4n) is 2.57. The third kappa shape index (κ3) is 5.35. The molecule has 0 radical (unpaired) electrons. The van der Waals surface area contributed by atoms with E-state index in [0.29, 0.717) is 19.4 Å². The summed E-state index contributed by atoms with van der Waals surface area (Å²) < 4.78 is 39.8. The molecule has 1 atom stereocenters. The minimum absolute atomic E-state index is 0.0432. The normalized spacial score (nSPS) is 17.9. The number of para-hydroxylation sites is 1. The summed E-state index contributed by atoms with van der Waals surface area (Å²) in [6, 6.07) is 5.21. The second kappa shape index (κ2) is 8.19. The van der Waals surface area contributed by atoms with Crippen LogP contribution < -0.4 is 16.4 Å². The monoisotopic (exact) mass is 358 g/mol. The van der Waals surface area contributed by atoms with Crippen LogP contribution in [0, 0.1) is 11.7 Å². The summed E-state index contributed by atoms with van der Waals surface area (Å²) in [6.07, 6.45) is 1.04. The summed E-state index contributed by atoms with van der Waals surface area (Å²) in [4.78, 5) is 25.6. The molecule has 1 saturated heterocycles. The number of amides is 3. The molecule has 25 heavy (non-hydrogen) atoms. The molecule has 6 nitrogen and oxygen atoms in total. The number of urea groups is 1. The van der Waals surface area contributed by atoms with Crippen LogP contribution in [-0.2, 0) is 4.79 Å². The predicted molar refractivity (Wildman–Crippen MR) is 86.7 cm³/mol. The Balaban J connectivity index is 1.90. The van der Waals surface area contributed by atoms with Gasteiger partial charge in [0.1, 0.15) is 5.82 Å². The number of rotatable bonds is 5. The maximum atomic E-state index is 13.6. The molecule has 9 heteroatoms. The van der Waals surface area contributed by atoms with Gasteiger partial charge in [-0.1, -0.05) is 12.1 Å². The van der Waals surface area contributed by atoms with E-state index < -0.39 is 42.7 Å². The highest BCUT2D eigenvalue weighted by Crippen LogP contribution is 2.19. The van der Waals surface area contributed by atoms with Crippen molar-refractivity contribution < 1.29 is 22.8 Å². The molecular weight excluding hydrogens is 337 g/mol. The molecule has 1 aliphatic heterocycles. The fourth-order valence-corrected chi connectivity index (χ4v) is 2.57. The van der Waals surface area contributed by atoms with Gasteiger partial charge in [-0.25, -0.2) is 18.0 Å². The van der Waals surface area contributed by atoms with Crippen LogP contribution in [0.4, 0.5) is 23.7 Å². The molecule has 2 rings (SSSR count). The molecular formula is C16H21F3N4O2. The summed E-state index contributed by atoms with van der Waals surface area (Å²) in [6.45, 7) is -1.20. The predicted octanol–water partition coefficient (Wildman–Crippen LogP) is 1.78. The van der Waals surface area contributed by atoms with Crippen molar-refractivity contribution >= 4 is 17.6 Å². The highest BCUT2D eigenvalue weighted by atomic mass is 19.3. The number of carbonyl (C=O) groups excluding carboxylic acids is 2. The number of piperidine rings is 1. The minimum atomic E-state index is -3.16. The molecule has 1 aromatic rings. The van der Waals surface area contributed by atoms with Crippen LogP contribution in [0.5, 0.6) is 0 Å². The van der Waals surface area contributed by atoms with Gasteiger partial charge in [0, 0.05) is 13.1 Å². The van der Waals surface area contributed by atoms with Crippen molar-refractivity contribution in [3.63, 3.8) is 0 Å². The van der Waals surface area contributed by atoms with Gasteiger partial charge in [0.15, 0.2) is 0 Å². The number of anilines is 1. The number of benzene rings is 1. The number of carbonyl (C=O) groups is 2. The summed E-state index contributed by atoms with van der Waals surface area (Å²) in [5.41, 5.74) is 4.97. The van der Waals surface area contributed by atoms with Gasteiger partial charge in [-0.05, 0) is 25.0 Å². The zero-order valence-electron chi connectivity index (χ0n) is 13.6. The number of nitrogens with two attached hydrogens (primary N) is 1. The number of nitrogens with zero attached hydrogens (tertiary/aromatic N) is 1. The number of likely N-dealkylation sites (tertiary alicyclic amines) is 1. The van der Waals surface area contributed by atoms with Crippen molar-refractivity contribution in [1.29, 1.82) is 0 Å². The molecule has 1 fully saturated rings. The SMILES string of the molecule is NCC(F)(F)CNC(=O)C1CCCN(C(=O)Nc2ccccc2F)C1. The maximum Gasteiger partial charge on any atom is 0.321 e. The molecule has 4 N–H and O–H groups in total. The summed E-state index contributed by atoms with van der Waals surface area (Å²) >= 11 is 0. The van der Waals surface area contributed by atoms with Gasteiger partial charge in [-0.2, -0.15) is 0 Å². The highest BCUT2D eigenvalue weighted by molar-refractivity contribution is 5.90. The van der Waals surface area contributed by atoms with Crippen LogP contribution in [0.25, 0.3) is 0 Å². The van der Waals surface area contributed by atoms with Crippen molar-refractivity contribution in [1.82, 2.24) is 10.2 Å². The Morgan fingerprint density at radius 2 is 2.04 bits per heavy atom. The van der Waals surface area contributed by atoms with E-state index in [2.05, 4.69) is 10.6 Å². The third-order valence-corrected chi connectivity index (χ3v) is 4.01. The van der Waals surface area contributed by atoms with Gasteiger partial charge in [0.05, 0.1) is 24.7 Å². The van der Waals surface area contributed by atoms with Gasteiger partial charge >= 0.3 is 6.03 Å². The molecule has 0 spiro atoms. The first-order chi connectivity index (χ1) is 11.8. The molecule has 1 heterocycles. The number of nitrogens with one attached hydrogen (secondary N) is 2. The fraction of sp³-hybridized carbons (Fsp3) is 0.500. The Hall–Kier alpha value is -2.29. The van der Waals surface area contributed by atoms with Crippen molar-refractivity contribution in [3.05, 3.63) is 30.1 Å². The average Bonchev–Trinajstić information content (AvgIpc) is 2.61. The number of alkyl halides is 2. The number of hydrogen-bond donors (Lipinski definition) is 3. The summed E-state index contributed by atoms with van der Waals surface area (Å²) in [7, 11) is 0. The lowest BCUT2D eigenvalue weighted by molar-refractivity contribution is -0.128. The number of halogens is 3. The molecule has 0 saturated carbocycles. The Morgan fingerprint density at radius 1 is 1.32 bits per heavy atom. The molecule has 138 valence electrons. The lowest BCUT2D eigenvalue weighted by atomic mass is 9.97. The Labute approximate surface area is 143 Å². The minimum Gasteiger partial charge on any atom is -0.350 e. The Kier molecular flexibility index (Phi) is 6.24. The molecule has 0 bridgehead atoms. The van der Waals surface area contributed by atoms with Gasteiger partial charge in [-0.15, -0.1) is 0 Å². The van der Waals surface area contributed by atoms with Crippen LogP contribution in [-0.4, -0.2) is 48.9 Å². The van der Waals surface area contributed by atoms with E-state index in [-0.39, 0.29) is 12.2 Å². The molecule has 1 unspecified atom stereocenters. The molecule has 0 aromatic heterocycles. The van der Waals surface area contributed by atoms with Gasteiger partial charge in [0.25, 0.3) is 5.92 Å². The molecule has 0 aliphatic carbocycles. The maximum absolute atomic E-state index is 13.6. The quantitative estimate of drug-likeness (QED) is 0.750. The van der Waals surface area contributed by atoms with Crippen LogP contribution in [0.1, 0.15) is 12.8 Å². The van der Waals surface area contributed by atoms with Crippen molar-refractivity contribution in [2.75, 3.05) is 31.5 Å². The summed E-state index contributed by atoms with van der Waals surface area (Å²) in [5.74, 6) is -4.86. The second-order valence-corrected chi connectivity index (χ2v) is 5.97. The van der Waals surface area contributed by atoms with Crippen molar-refractivity contribution in [2.45, 2.75) is 18.8 Å². The van der Waals surface area contributed by atoms with Gasteiger partial charge < -0.3 is 21.3 Å². The Morgan fingerprint density at radius 3 is 2.72 bits per heavy atom.